The number of hydrogen-bond donors (Lipinski definition) is 2. The Labute approximate surface area is 108 Å². The van der Waals surface area contributed by atoms with E-state index in [1.54, 1.807) is 6.08 Å². The van der Waals surface area contributed by atoms with Crippen molar-refractivity contribution in [3.63, 3.8) is 0 Å². The minimum Gasteiger partial charge on any atom is -0.381 e. The number of rotatable bonds is 5. The van der Waals surface area contributed by atoms with Crippen LogP contribution in [0.25, 0.3) is 11.8 Å². The topological polar surface area (TPSA) is 60.2 Å². The predicted molar refractivity (Wildman–Crippen MR) is 66.5 cm³/mol. The second kappa shape index (κ2) is 6.35. The number of hydrogen-bond acceptors (Lipinski definition) is 4. The molecule has 3 N–H and O–H groups in total. The first-order valence-corrected chi connectivity index (χ1v) is 5.28. The second-order valence-electron chi connectivity index (χ2n) is 3.64. The van der Waals surface area contributed by atoms with Crippen molar-refractivity contribution in [1.29, 1.82) is 0 Å². The highest BCUT2D eigenvalue weighted by atomic mass is 19.4. The molecule has 0 aliphatic heterocycles. The van der Waals surface area contributed by atoms with Gasteiger partial charge in [-0.1, -0.05) is 18.7 Å². The van der Waals surface area contributed by atoms with Crippen molar-refractivity contribution in [2.75, 3.05) is 13.7 Å². The average molecular weight is 273 g/mol. The summed E-state index contributed by atoms with van der Waals surface area (Å²) in [7, 11) is 1.48. The zero-order valence-electron chi connectivity index (χ0n) is 10.3. The van der Waals surface area contributed by atoms with Gasteiger partial charge in [0.15, 0.2) is 0 Å². The van der Waals surface area contributed by atoms with E-state index in [0.717, 1.165) is 12.3 Å². The van der Waals surface area contributed by atoms with E-state index in [2.05, 4.69) is 17.0 Å². The Kier molecular flexibility index (Phi) is 5.08. The number of alkyl halides is 3. The van der Waals surface area contributed by atoms with Crippen LogP contribution in [-0.4, -0.2) is 18.7 Å². The van der Waals surface area contributed by atoms with Gasteiger partial charge in [0.1, 0.15) is 0 Å². The molecule has 1 aromatic rings. The highest BCUT2D eigenvalue weighted by Gasteiger charge is 2.31. The largest absolute Gasteiger partial charge is 0.417 e. The second-order valence-corrected chi connectivity index (χ2v) is 3.64. The molecule has 0 saturated carbocycles. The van der Waals surface area contributed by atoms with Gasteiger partial charge in [-0.2, -0.15) is 13.2 Å². The van der Waals surface area contributed by atoms with Crippen LogP contribution in [0.3, 0.4) is 0 Å². The number of nitrogens with one attached hydrogen (secondary N) is 1. The van der Waals surface area contributed by atoms with E-state index < -0.39 is 11.7 Å². The maximum Gasteiger partial charge on any atom is 0.417 e. The van der Waals surface area contributed by atoms with Crippen molar-refractivity contribution in [1.82, 2.24) is 10.4 Å². The highest BCUT2D eigenvalue weighted by molar-refractivity contribution is 5.69. The first-order valence-electron chi connectivity index (χ1n) is 5.28. The average Bonchev–Trinajstić information content (AvgIpc) is 2.37. The quantitative estimate of drug-likeness (QED) is 0.637. The lowest BCUT2D eigenvalue weighted by molar-refractivity contribution is -0.137. The molecule has 0 saturated heterocycles. The third-order valence-electron chi connectivity index (χ3n) is 2.26. The summed E-state index contributed by atoms with van der Waals surface area (Å²) < 4.78 is 42.7. The van der Waals surface area contributed by atoms with Gasteiger partial charge in [-0.05, 0) is 6.07 Å². The molecule has 1 rings (SSSR count). The van der Waals surface area contributed by atoms with E-state index in [0.29, 0.717) is 0 Å². The summed E-state index contributed by atoms with van der Waals surface area (Å²) in [5.41, 5.74) is 2.17. The van der Waals surface area contributed by atoms with E-state index in [1.165, 1.54) is 13.2 Å². The Morgan fingerprint density at radius 1 is 1.58 bits per heavy atom. The Bertz CT molecular complexity index is 484. The zero-order valence-corrected chi connectivity index (χ0v) is 10.3. The molecule has 1 heterocycles. The molecule has 0 atom stereocenters. The van der Waals surface area contributed by atoms with Crippen molar-refractivity contribution in [2.45, 2.75) is 6.18 Å². The zero-order chi connectivity index (χ0) is 14.5. The van der Waals surface area contributed by atoms with Crippen LogP contribution in [0.1, 0.15) is 16.8 Å². The van der Waals surface area contributed by atoms with Crippen LogP contribution in [0.2, 0.25) is 0 Å². The molecule has 0 aliphatic carbocycles. The van der Waals surface area contributed by atoms with E-state index in [4.69, 9.17) is 10.6 Å². The van der Waals surface area contributed by atoms with Gasteiger partial charge in [0.25, 0.3) is 0 Å². The summed E-state index contributed by atoms with van der Waals surface area (Å²) in [6, 6.07) is 0.983. The molecule has 0 unspecified atom stereocenters. The maximum absolute atomic E-state index is 12.6. The molecule has 0 aromatic carbocycles. The normalized spacial score (nSPS) is 11.8. The molecule has 1 aromatic heterocycles. The Morgan fingerprint density at radius 3 is 2.79 bits per heavy atom. The van der Waals surface area contributed by atoms with Gasteiger partial charge in [-0.15, -0.1) is 0 Å². The smallest absolute Gasteiger partial charge is 0.381 e. The summed E-state index contributed by atoms with van der Waals surface area (Å²) >= 11 is 0. The van der Waals surface area contributed by atoms with Crippen molar-refractivity contribution < 1.29 is 17.9 Å². The third-order valence-corrected chi connectivity index (χ3v) is 2.26. The van der Waals surface area contributed by atoms with Crippen LogP contribution in [-0.2, 0) is 10.9 Å². The van der Waals surface area contributed by atoms with Gasteiger partial charge in [0.05, 0.1) is 23.6 Å². The minimum absolute atomic E-state index is 0.228. The van der Waals surface area contributed by atoms with Crippen LogP contribution >= 0.6 is 0 Å². The van der Waals surface area contributed by atoms with Crippen molar-refractivity contribution in [3.8, 4) is 0 Å². The molecular weight excluding hydrogens is 259 g/mol. The van der Waals surface area contributed by atoms with Gasteiger partial charge in [0, 0.05) is 18.9 Å². The first kappa shape index (κ1) is 15.2. The SMILES string of the molecule is C=C(NN)c1ncc(C(F)(F)F)cc1/C=C/COC. The van der Waals surface area contributed by atoms with E-state index in [9.17, 15) is 13.2 Å². The van der Waals surface area contributed by atoms with E-state index >= 15 is 0 Å². The molecule has 0 fully saturated rings. The lowest BCUT2D eigenvalue weighted by Crippen LogP contribution is -2.20. The minimum atomic E-state index is -4.45. The fourth-order valence-corrected chi connectivity index (χ4v) is 1.36. The standard InChI is InChI=1S/C12H14F3N3O/c1-8(18-16)11-9(4-3-5-19-2)6-10(7-17-11)12(13,14)15/h3-4,6-7,18H,1,5,16H2,2H3/b4-3+. The number of pyridine rings is 1. The third kappa shape index (κ3) is 4.08. The fourth-order valence-electron chi connectivity index (χ4n) is 1.36. The summed E-state index contributed by atoms with van der Waals surface area (Å²) in [5.74, 6) is 5.19. The molecular formula is C12H14F3N3O. The van der Waals surface area contributed by atoms with Crippen molar-refractivity contribution >= 4 is 11.8 Å². The molecule has 0 bridgehead atoms. The van der Waals surface area contributed by atoms with Crippen molar-refractivity contribution in [3.05, 3.63) is 41.7 Å². The van der Waals surface area contributed by atoms with Crippen molar-refractivity contribution in [2.24, 2.45) is 5.84 Å². The summed E-state index contributed by atoms with van der Waals surface area (Å²) in [6.45, 7) is 3.86. The van der Waals surface area contributed by atoms with E-state index in [-0.39, 0.29) is 23.6 Å². The lowest BCUT2D eigenvalue weighted by Gasteiger charge is -2.11. The van der Waals surface area contributed by atoms with Crippen LogP contribution in [0.5, 0.6) is 0 Å². The van der Waals surface area contributed by atoms with Crippen LogP contribution < -0.4 is 11.3 Å². The fraction of sp³-hybridized carbons (Fsp3) is 0.250. The number of ether oxygens (including phenoxy) is 1. The predicted octanol–water partition coefficient (Wildman–Crippen LogP) is 2.19. The van der Waals surface area contributed by atoms with Crippen LogP contribution in [0.4, 0.5) is 13.2 Å². The number of aromatic nitrogens is 1. The molecule has 0 amide bonds. The molecule has 0 spiro atoms. The lowest BCUT2D eigenvalue weighted by atomic mass is 10.1. The van der Waals surface area contributed by atoms with Gasteiger partial charge < -0.3 is 10.2 Å². The number of methoxy groups -OCH3 is 1. The number of nitrogens with two attached hydrogens (primary N) is 1. The van der Waals surface area contributed by atoms with Gasteiger partial charge in [-0.25, -0.2) is 0 Å². The number of nitrogens with zero attached hydrogens (tertiary/aromatic N) is 1. The summed E-state index contributed by atoms with van der Waals surface area (Å²) in [4.78, 5) is 3.74. The van der Waals surface area contributed by atoms with Gasteiger partial charge >= 0.3 is 6.18 Å². The Balaban J connectivity index is 3.22. The van der Waals surface area contributed by atoms with Crippen LogP contribution in [0, 0.1) is 0 Å². The maximum atomic E-state index is 12.6. The highest BCUT2D eigenvalue weighted by Crippen LogP contribution is 2.30. The molecule has 19 heavy (non-hydrogen) atoms. The molecule has 0 radical (unpaired) electrons. The molecule has 4 nitrogen and oxygen atoms in total. The van der Waals surface area contributed by atoms with Gasteiger partial charge in [0.2, 0.25) is 0 Å². The molecule has 7 heteroatoms. The molecule has 0 aliphatic rings. The monoisotopic (exact) mass is 273 g/mol. The number of halogens is 3. The Morgan fingerprint density at radius 2 is 2.26 bits per heavy atom. The summed E-state index contributed by atoms with van der Waals surface area (Å²) in [5, 5.41) is 0. The van der Waals surface area contributed by atoms with Crippen LogP contribution in [0.15, 0.2) is 24.9 Å². The first-order chi connectivity index (χ1) is 8.90. The number of hydrazine groups is 1. The van der Waals surface area contributed by atoms with E-state index in [1.807, 2.05) is 0 Å². The summed E-state index contributed by atoms with van der Waals surface area (Å²) in [6.07, 6.45) is -0.660. The molecule has 104 valence electrons. The Hall–Kier alpha value is -1.86. The van der Waals surface area contributed by atoms with Gasteiger partial charge in [-0.3, -0.25) is 10.8 Å².